The molecule has 0 aliphatic rings. The van der Waals surface area contributed by atoms with Crippen molar-refractivity contribution in [3.8, 4) is 0 Å². The topological polar surface area (TPSA) is 40.7 Å². The number of hydrogen-bond donors (Lipinski definition) is 2. The highest BCUT2D eigenvalue weighted by molar-refractivity contribution is 5.21. The van der Waals surface area contributed by atoms with Gasteiger partial charge in [0.05, 0.1) is 0 Å². The molecule has 0 fully saturated rings. The van der Waals surface area contributed by atoms with Crippen LogP contribution < -0.4 is 5.32 Å². The van der Waals surface area contributed by atoms with E-state index in [1.54, 1.807) is 12.4 Å². The lowest BCUT2D eigenvalue weighted by Crippen LogP contribution is -2.00. The van der Waals surface area contributed by atoms with Crippen LogP contribution in [0, 0.1) is 0 Å². The number of hydrogen-bond acceptors (Lipinski definition) is 2. The fraction of sp³-hybridized carbons (Fsp3) is 0.500. The minimum Gasteiger partial charge on any atom is -0.356 e. The van der Waals surface area contributed by atoms with E-state index in [1.807, 2.05) is 0 Å². The second-order valence-electron chi connectivity index (χ2n) is 1.86. The highest BCUT2D eigenvalue weighted by atomic mass is 15.1. The maximum absolute atomic E-state index is 3.99. The van der Waals surface area contributed by atoms with Gasteiger partial charge in [0.25, 0.3) is 0 Å². The maximum Gasteiger partial charge on any atom is 0.200 e. The van der Waals surface area contributed by atoms with Crippen LogP contribution in [0.25, 0.3) is 0 Å². The normalized spacial score (nSPS) is 9.44. The van der Waals surface area contributed by atoms with E-state index < -0.39 is 0 Å². The molecule has 1 aromatic heterocycles. The van der Waals surface area contributed by atoms with Crippen LogP contribution in [0.4, 0.5) is 5.95 Å². The van der Waals surface area contributed by atoms with E-state index in [1.165, 1.54) is 0 Å². The smallest absolute Gasteiger partial charge is 0.200 e. The number of nitrogens with zero attached hydrogens (tertiary/aromatic N) is 1. The van der Waals surface area contributed by atoms with Crippen LogP contribution in [0.5, 0.6) is 0 Å². The Hall–Kier alpha value is -0.990. The summed E-state index contributed by atoms with van der Waals surface area (Å²) in [6, 6.07) is 0. The lowest BCUT2D eigenvalue weighted by Gasteiger charge is -1.96. The van der Waals surface area contributed by atoms with Gasteiger partial charge in [-0.1, -0.05) is 6.92 Å². The van der Waals surface area contributed by atoms with E-state index in [4.69, 9.17) is 0 Å². The van der Waals surface area contributed by atoms with Gasteiger partial charge in [0.15, 0.2) is 5.95 Å². The minimum absolute atomic E-state index is 0.858. The molecule has 2 N–H and O–H groups in total. The summed E-state index contributed by atoms with van der Waals surface area (Å²) in [5.41, 5.74) is 0. The van der Waals surface area contributed by atoms with E-state index in [2.05, 4.69) is 22.2 Å². The molecule has 0 spiro atoms. The molecule has 3 heteroatoms. The summed E-state index contributed by atoms with van der Waals surface area (Å²) in [7, 11) is 0. The van der Waals surface area contributed by atoms with Gasteiger partial charge in [-0.15, -0.1) is 0 Å². The number of H-pyrrole nitrogens is 1. The SMILES string of the molecule is CCCNc1ncc[nH]1. The summed E-state index contributed by atoms with van der Waals surface area (Å²) in [5.74, 6) is 0.858. The zero-order chi connectivity index (χ0) is 6.53. The van der Waals surface area contributed by atoms with Crippen molar-refractivity contribution in [2.75, 3.05) is 11.9 Å². The summed E-state index contributed by atoms with van der Waals surface area (Å²) in [6.07, 6.45) is 4.66. The largest absolute Gasteiger partial charge is 0.356 e. The average molecular weight is 125 g/mol. The van der Waals surface area contributed by atoms with E-state index in [9.17, 15) is 0 Å². The predicted molar refractivity (Wildman–Crippen MR) is 37.4 cm³/mol. The molecule has 0 radical (unpaired) electrons. The molecule has 3 nitrogen and oxygen atoms in total. The van der Waals surface area contributed by atoms with Gasteiger partial charge in [-0.25, -0.2) is 4.98 Å². The molecule has 0 amide bonds. The number of imidazole rings is 1. The lowest BCUT2D eigenvalue weighted by molar-refractivity contribution is 0.962. The standard InChI is InChI=1S/C6H11N3/c1-2-3-7-6-8-4-5-9-6/h4-5H,2-3H2,1H3,(H2,7,8,9). The summed E-state index contributed by atoms with van der Waals surface area (Å²) in [5, 5.41) is 3.11. The van der Waals surface area contributed by atoms with Crippen molar-refractivity contribution in [2.45, 2.75) is 13.3 Å². The molecule has 0 unspecified atom stereocenters. The van der Waals surface area contributed by atoms with Crippen LogP contribution in [0.15, 0.2) is 12.4 Å². The fourth-order valence-electron chi connectivity index (χ4n) is 0.605. The molecule has 0 saturated heterocycles. The van der Waals surface area contributed by atoms with Crippen molar-refractivity contribution < 1.29 is 0 Å². The van der Waals surface area contributed by atoms with Gasteiger partial charge in [0, 0.05) is 18.9 Å². The van der Waals surface area contributed by atoms with Gasteiger partial charge in [-0.3, -0.25) is 0 Å². The Morgan fingerprint density at radius 2 is 2.67 bits per heavy atom. The second-order valence-corrected chi connectivity index (χ2v) is 1.86. The van der Waals surface area contributed by atoms with Crippen molar-refractivity contribution >= 4 is 5.95 Å². The molecule has 0 aliphatic heterocycles. The van der Waals surface area contributed by atoms with E-state index in [-0.39, 0.29) is 0 Å². The molecule has 0 atom stereocenters. The van der Waals surface area contributed by atoms with Crippen LogP contribution in [0.3, 0.4) is 0 Å². The quantitative estimate of drug-likeness (QED) is 0.638. The summed E-state index contributed by atoms with van der Waals surface area (Å²) in [6.45, 7) is 3.10. The van der Waals surface area contributed by atoms with Crippen LogP contribution in [0.1, 0.15) is 13.3 Å². The Bertz CT molecular complexity index is 145. The third kappa shape index (κ3) is 1.76. The van der Waals surface area contributed by atoms with E-state index in [0.29, 0.717) is 0 Å². The number of aromatic nitrogens is 2. The minimum atomic E-state index is 0.858. The third-order valence-electron chi connectivity index (χ3n) is 1.04. The molecule has 9 heavy (non-hydrogen) atoms. The second kappa shape index (κ2) is 3.12. The van der Waals surface area contributed by atoms with E-state index >= 15 is 0 Å². The lowest BCUT2D eigenvalue weighted by atomic mass is 10.5. The van der Waals surface area contributed by atoms with Crippen LogP contribution >= 0.6 is 0 Å². The number of aromatic amines is 1. The highest BCUT2D eigenvalue weighted by Crippen LogP contribution is 1.93. The molecular weight excluding hydrogens is 114 g/mol. The molecule has 0 bridgehead atoms. The van der Waals surface area contributed by atoms with Gasteiger partial charge in [-0.2, -0.15) is 0 Å². The van der Waals surface area contributed by atoms with Gasteiger partial charge >= 0.3 is 0 Å². The van der Waals surface area contributed by atoms with Crippen LogP contribution in [0.2, 0.25) is 0 Å². The average Bonchev–Trinajstić information content (AvgIpc) is 2.34. The predicted octanol–water partition coefficient (Wildman–Crippen LogP) is 1.23. The van der Waals surface area contributed by atoms with Crippen molar-refractivity contribution in [1.82, 2.24) is 9.97 Å². The van der Waals surface area contributed by atoms with Gasteiger partial charge < -0.3 is 10.3 Å². The number of anilines is 1. The molecule has 1 aromatic rings. The monoisotopic (exact) mass is 125 g/mol. The first kappa shape index (κ1) is 6.13. The Kier molecular flexibility index (Phi) is 2.13. The van der Waals surface area contributed by atoms with Crippen LogP contribution in [-0.4, -0.2) is 16.5 Å². The van der Waals surface area contributed by atoms with Crippen molar-refractivity contribution in [2.24, 2.45) is 0 Å². The Balaban J connectivity index is 2.30. The Labute approximate surface area is 54.5 Å². The summed E-state index contributed by atoms with van der Waals surface area (Å²) >= 11 is 0. The van der Waals surface area contributed by atoms with Gasteiger partial charge in [0.1, 0.15) is 0 Å². The zero-order valence-electron chi connectivity index (χ0n) is 5.52. The third-order valence-corrected chi connectivity index (χ3v) is 1.04. The van der Waals surface area contributed by atoms with Crippen molar-refractivity contribution in [3.05, 3.63) is 12.4 Å². The molecule has 0 saturated carbocycles. The highest BCUT2D eigenvalue weighted by Gasteiger charge is 1.87. The molecule has 50 valence electrons. The van der Waals surface area contributed by atoms with Crippen molar-refractivity contribution in [3.63, 3.8) is 0 Å². The summed E-state index contributed by atoms with van der Waals surface area (Å²) < 4.78 is 0. The molecule has 0 aromatic carbocycles. The summed E-state index contributed by atoms with van der Waals surface area (Å²) in [4.78, 5) is 6.94. The molecule has 1 rings (SSSR count). The van der Waals surface area contributed by atoms with Crippen molar-refractivity contribution in [1.29, 1.82) is 0 Å². The Morgan fingerprint density at radius 1 is 1.78 bits per heavy atom. The van der Waals surface area contributed by atoms with Gasteiger partial charge in [-0.05, 0) is 6.42 Å². The molecule has 0 aliphatic carbocycles. The zero-order valence-corrected chi connectivity index (χ0v) is 5.52. The van der Waals surface area contributed by atoms with E-state index in [0.717, 1.165) is 18.9 Å². The number of rotatable bonds is 3. The molecule has 1 heterocycles. The number of nitrogens with one attached hydrogen (secondary N) is 2. The van der Waals surface area contributed by atoms with Crippen LogP contribution in [-0.2, 0) is 0 Å². The Morgan fingerprint density at radius 3 is 3.22 bits per heavy atom. The fourth-order valence-corrected chi connectivity index (χ4v) is 0.605. The first-order valence-corrected chi connectivity index (χ1v) is 3.16. The molecular formula is C6H11N3. The first-order valence-electron chi connectivity index (χ1n) is 3.16. The maximum atomic E-state index is 3.99. The first-order chi connectivity index (χ1) is 4.43. The van der Waals surface area contributed by atoms with Gasteiger partial charge in [0.2, 0.25) is 0 Å².